The van der Waals surface area contributed by atoms with Crippen molar-refractivity contribution in [2.24, 2.45) is 13.0 Å². The van der Waals surface area contributed by atoms with Crippen LogP contribution in [0.1, 0.15) is 37.1 Å². The third-order valence-corrected chi connectivity index (χ3v) is 9.33. The summed E-state index contributed by atoms with van der Waals surface area (Å²) in [5.74, 6) is -1.40. The summed E-state index contributed by atoms with van der Waals surface area (Å²) >= 11 is 1.15. The lowest BCUT2D eigenvalue weighted by Gasteiger charge is -2.12. The number of aliphatic carboxylic acids is 1. The molecule has 0 fully saturated rings. The van der Waals surface area contributed by atoms with Crippen molar-refractivity contribution in [1.82, 2.24) is 9.13 Å². The van der Waals surface area contributed by atoms with Gasteiger partial charge in [0.15, 0.2) is 9.84 Å². The van der Waals surface area contributed by atoms with Gasteiger partial charge in [-0.2, -0.15) is 0 Å². The SMILES string of the molecule is CC(C)Cn1c(=O)n(C)c(=O)c2c(S(=O)(=O)CCCC(=O)O)c(Cc3cccc4ccccc34)sc21. The van der Waals surface area contributed by atoms with Gasteiger partial charge in [-0.25, -0.2) is 13.2 Å². The maximum absolute atomic E-state index is 13.6. The third kappa shape index (κ3) is 4.87. The Morgan fingerprint density at radius 1 is 1.08 bits per heavy atom. The highest BCUT2D eigenvalue weighted by Gasteiger charge is 2.30. The number of rotatable bonds is 9. The lowest BCUT2D eigenvalue weighted by molar-refractivity contribution is -0.137. The highest BCUT2D eigenvalue weighted by atomic mass is 32.2. The van der Waals surface area contributed by atoms with E-state index in [0.717, 1.165) is 32.2 Å². The molecule has 4 aromatic rings. The van der Waals surface area contributed by atoms with E-state index in [4.69, 9.17) is 5.11 Å². The number of aromatic nitrogens is 2. The fourth-order valence-electron chi connectivity index (χ4n) is 4.46. The summed E-state index contributed by atoms with van der Waals surface area (Å²) in [7, 11) is -2.67. The van der Waals surface area contributed by atoms with E-state index in [1.807, 2.05) is 56.3 Å². The second-order valence-corrected chi connectivity index (χ2v) is 12.4. The van der Waals surface area contributed by atoms with E-state index in [9.17, 15) is 22.8 Å². The van der Waals surface area contributed by atoms with Crippen LogP contribution in [0.4, 0.5) is 0 Å². The lowest BCUT2D eigenvalue weighted by Crippen LogP contribution is -2.38. The molecule has 2 aromatic carbocycles. The van der Waals surface area contributed by atoms with Gasteiger partial charge in [0, 0.05) is 31.3 Å². The number of sulfone groups is 1. The zero-order valence-electron chi connectivity index (χ0n) is 20.4. The average molecular weight is 529 g/mol. The van der Waals surface area contributed by atoms with Crippen molar-refractivity contribution in [3.8, 4) is 0 Å². The third-order valence-electron chi connectivity index (χ3n) is 6.09. The molecule has 0 spiro atoms. The number of hydrogen-bond acceptors (Lipinski definition) is 6. The number of hydrogen-bond donors (Lipinski definition) is 1. The second-order valence-electron chi connectivity index (χ2n) is 9.32. The van der Waals surface area contributed by atoms with E-state index in [1.54, 1.807) is 0 Å². The number of carboxylic acids is 1. The summed E-state index contributed by atoms with van der Waals surface area (Å²) in [6, 6.07) is 13.6. The second kappa shape index (κ2) is 10.0. The minimum Gasteiger partial charge on any atom is -0.481 e. The van der Waals surface area contributed by atoms with Crippen molar-refractivity contribution in [1.29, 1.82) is 0 Å². The minimum absolute atomic E-state index is 0.00770. The molecule has 0 saturated heterocycles. The number of nitrogens with zero attached hydrogens (tertiary/aromatic N) is 2. The normalized spacial score (nSPS) is 12.1. The Morgan fingerprint density at radius 3 is 2.47 bits per heavy atom. The summed E-state index contributed by atoms with van der Waals surface area (Å²) < 4.78 is 29.7. The van der Waals surface area contributed by atoms with Crippen LogP contribution in [0.25, 0.3) is 21.0 Å². The van der Waals surface area contributed by atoms with Crippen LogP contribution >= 0.6 is 11.3 Å². The first-order chi connectivity index (χ1) is 17.0. The van der Waals surface area contributed by atoms with Gasteiger partial charge in [-0.15, -0.1) is 11.3 Å². The van der Waals surface area contributed by atoms with Gasteiger partial charge in [-0.3, -0.25) is 18.7 Å². The van der Waals surface area contributed by atoms with Gasteiger partial charge in [0.05, 0.1) is 16.0 Å². The Kier molecular flexibility index (Phi) is 7.19. The predicted molar refractivity (Wildman–Crippen MR) is 142 cm³/mol. The molecule has 0 atom stereocenters. The Bertz CT molecular complexity index is 1690. The van der Waals surface area contributed by atoms with Gasteiger partial charge >= 0.3 is 11.7 Å². The predicted octanol–water partition coefficient (Wildman–Crippen LogP) is 3.80. The van der Waals surface area contributed by atoms with Crippen LogP contribution in [0.5, 0.6) is 0 Å². The first-order valence-corrected chi connectivity index (χ1v) is 14.1. The molecule has 0 radical (unpaired) electrons. The molecule has 10 heteroatoms. The monoisotopic (exact) mass is 528 g/mol. The zero-order valence-corrected chi connectivity index (χ0v) is 22.0. The van der Waals surface area contributed by atoms with Gasteiger partial charge in [-0.1, -0.05) is 56.3 Å². The molecule has 0 bridgehead atoms. The first-order valence-electron chi connectivity index (χ1n) is 11.7. The molecular formula is C26H28N2O6S2. The fraction of sp³-hybridized carbons (Fsp3) is 0.346. The van der Waals surface area contributed by atoms with Gasteiger partial charge in [0.2, 0.25) is 0 Å². The Balaban J connectivity index is 2.01. The average Bonchev–Trinajstić information content (AvgIpc) is 3.20. The molecule has 2 aromatic heterocycles. The number of thiophene rings is 1. The van der Waals surface area contributed by atoms with E-state index in [0.29, 0.717) is 16.3 Å². The molecule has 0 amide bonds. The van der Waals surface area contributed by atoms with Crippen LogP contribution in [0.2, 0.25) is 0 Å². The van der Waals surface area contributed by atoms with Crippen LogP contribution in [0.15, 0.2) is 56.9 Å². The Morgan fingerprint density at radius 2 is 1.78 bits per heavy atom. The van der Waals surface area contributed by atoms with Crippen molar-refractivity contribution in [3.63, 3.8) is 0 Å². The topological polar surface area (TPSA) is 115 Å². The summed E-state index contributed by atoms with van der Waals surface area (Å²) in [6.07, 6.45) is -0.113. The Hall–Kier alpha value is -3.24. The van der Waals surface area contributed by atoms with E-state index in [-0.39, 0.29) is 35.5 Å². The summed E-state index contributed by atoms with van der Waals surface area (Å²) in [4.78, 5) is 38.1. The maximum Gasteiger partial charge on any atom is 0.331 e. The molecule has 190 valence electrons. The van der Waals surface area contributed by atoms with Gasteiger partial charge in [0.1, 0.15) is 4.83 Å². The van der Waals surface area contributed by atoms with E-state index in [1.165, 1.54) is 11.6 Å². The van der Waals surface area contributed by atoms with Crippen molar-refractivity contribution >= 4 is 48.1 Å². The number of benzene rings is 2. The molecule has 0 saturated carbocycles. The molecule has 2 heterocycles. The van der Waals surface area contributed by atoms with Crippen molar-refractivity contribution in [2.75, 3.05) is 5.75 Å². The van der Waals surface area contributed by atoms with Crippen LogP contribution in [-0.4, -0.2) is 34.4 Å². The summed E-state index contributed by atoms with van der Waals surface area (Å²) in [5, 5.41) is 11.0. The van der Waals surface area contributed by atoms with E-state index >= 15 is 0 Å². The molecular weight excluding hydrogens is 500 g/mol. The van der Waals surface area contributed by atoms with Gasteiger partial charge < -0.3 is 5.11 Å². The maximum atomic E-state index is 13.6. The van der Waals surface area contributed by atoms with Crippen molar-refractivity contribution < 1.29 is 18.3 Å². The smallest absolute Gasteiger partial charge is 0.331 e. The van der Waals surface area contributed by atoms with Gasteiger partial charge in [0.25, 0.3) is 5.56 Å². The summed E-state index contributed by atoms with van der Waals surface area (Å²) in [5.41, 5.74) is -0.252. The molecule has 36 heavy (non-hydrogen) atoms. The van der Waals surface area contributed by atoms with E-state index in [2.05, 4.69) is 0 Å². The molecule has 1 N–H and O–H groups in total. The molecule has 0 aliphatic heterocycles. The first kappa shape index (κ1) is 25.8. The molecule has 0 aliphatic rings. The highest BCUT2D eigenvalue weighted by molar-refractivity contribution is 7.91. The molecule has 4 rings (SSSR count). The Labute approximate surface area is 212 Å². The zero-order chi connectivity index (χ0) is 26.2. The van der Waals surface area contributed by atoms with Crippen LogP contribution in [0.3, 0.4) is 0 Å². The van der Waals surface area contributed by atoms with E-state index < -0.39 is 32.8 Å². The molecule has 0 aliphatic carbocycles. The number of fused-ring (bicyclic) bond motifs is 2. The van der Waals surface area contributed by atoms with Gasteiger partial charge in [-0.05, 0) is 28.7 Å². The van der Waals surface area contributed by atoms with Crippen LogP contribution in [0, 0.1) is 5.92 Å². The highest BCUT2D eigenvalue weighted by Crippen LogP contribution is 2.36. The number of carbonyl (C=O) groups is 1. The standard InChI is InChI=1S/C26H28N2O6S2/c1-16(2)15-28-25-22(24(31)27(3)26(28)32)23(36(33,34)13-7-12-21(29)30)20(35-25)14-18-10-6-9-17-8-4-5-11-19(17)18/h4-6,8-11,16H,7,12-15H2,1-3H3,(H,29,30). The molecule has 0 unspecified atom stereocenters. The van der Waals surface area contributed by atoms with Crippen molar-refractivity contribution in [3.05, 3.63) is 73.7 Å². The quantitative estimate of drug-likeness (QED) is 0.353. The minimum atomic E-state index is -4.02. The largest absolute Gasteiger partial charge is 0.481 e. The lowest BCUT2D eigenvalue weighted by atomic mass is 10.0. The van der Waals surface area contributed by atoms with Crippen molar-refractivity contribution in [2.45, 2.75) is 44.6 Å². The number of carboxylic acid groups (broad SMARTS) is 1. The van der Waals surface area contributed by atoms with Crippen LogP contribution < -0.4 is 11.2 Å². The summed E-state index contributed by atoms with van der Waals surface area (Å²) in [6.45, 7) is 4.21. The van der Waals surface area contributed by atoms with Crippen LogP contribution in [-0.2, 0) is 34.6 Å². The fourth-order valence-corrected chi connectivity index (χ4v) is 7.88. The molecule has 8 nitrogen and oxygen atoms in total.